The molecule has 0 heterocycles. The van der Waals surface area contributed by atoms with Crippen LogP contribution >= 0.6 is 11.6 Å². The van der Waals surface area contributed by atoms with Gasteiger partial charge in [0, 0.05) is 17.2 Å². The number of ether oxygens (including phenoxy) is 1. The minimum Gasteiger partial charge on any atom is -0.456 e. The molecule has 0 saturated heterocycles. The SMILES string of the molecule is N=C(N)c1cc(Cl)ccc1Oc1ccc([N+](=O)[O-])c(F)c1. The number of hydrogen-bond acceptors (Lipinski definition) is 4. The van der Waals surface area contributed by atoms with Gasteiger partial charge in [0.05, 0.1) is 10.5 Å². The molecule has 0 aromatic heterocycles. The average Bonchev–Trinajstić information content (AvgIpc) is 2.40. The predicted molar refractivity (Wildman–Crippen MR) is 75.6 cm³/mol. The summed E-state index contributed by atoms with van der Waals surface area (Å²) in [5, 5.41) is 18.3. The molecule has 2 aromatic carbocycles. The molecule has 2 rings (SSSR count). The summed E-state index contributed by atoms with van der Waals surface area (Å²) in [7, 11) is 0. The van der Waals surface area contributed by atoms with Crippen LogP contribution in [0.4, 0.5) is 10.1 Å². The lowest BCUT2D eigenvalue weighted by molar-refractivity contribution is -0.387. The van der Waals surface area contributed by atoms with E-state index in [2.05, 4.69) is 0 Å². The molecule has 0 aliphatic heterocycles. The number of nitro groups is 1. The first kappa shape index (κ1) is 14.7. The molecule has 21 heavy (non-hydrogen) atoms. The van der Waals surface area contributed by atoms with Crippen LogP contribution in [-0.4, -0.2) is 10.8 Å². The van der Waals surface area contributed by atoms with Crippen LogP contribution in [0.3, 0.4) is 0 Å². The van der Waals surface area contributed by atoms with Gasteiger partial charge in [-0.25, -0.2) is 0 Å². The maximum Gasteiger partial charge on any atom is 0.305 e. The van der Waals surface area contributed by atoms with Crippen molar-refractivity contribution < 1.29 is 14.1 Å². The van der Waals surface area contributed by atoms with Crippen molar-refractivity contribution >= 4 is 23.1 Å². The maximum atomic E-state index is 13.5. The molecular formula is C13H9ClFN3O3. The maximum absolute atomic E-state index is 13.5. The summed E-state index contributed by atoms with van der Waals surface area (Å²) in [5.74, 6) is -1.05. The van der Waals surface area contributed by atoms with Crippen molar-refractivity contribution in [3.05, 3.63) is 62.9 Å². The molecular weight excluding hydrogens is 301 g/mol. The summed E-state index contributed by atoms with van der Waals surface area (Å²) in [6.45, 7) is 0. The largest absolute Gasteiger partial charge is 0.456 e. The molecule has 0 saturated carbocycles. The first-order chi connectivity index (χ1) is 9.88. The van der Waals surface area contributed by atoms with Crippen molar-refractivity contribution in [1.29, 1.82) is 5.41 Å². The summed E-state index contributed by atoms with van der Waals surface area (Å²) in [6.07, 6.45) is 0. The van der Waals surface area contributed by atoms with Gasteiger partial charge in [-0.05, 0) is 24.3 Å². The number of nitrogens with one attached hydrogen (secondary N) is 1. The number of nitro benzene ring substituents is 1. The van der Waals surface area contributed by atoms with E-state index >= 15 is 0 Å². The lowest BCUT2D eigenvalue weighted by Crippen LogP contribution is -2.12. The zero-order valence-corrected chi connectivity index (χ0v) is 11.2. The van der Waals surface area contributed by atoms with E-state index in [0.29, 0.717) is 5.02 Å². The van der Waals surface area contributed by atoms with Crippen LogP contribution in [0.15, 0.2) is 36.4 Å². The molecule has 0 fully saturated rings. The number of nitrogens with zero attached hydrogens (tertiary/aromatic N) is 1. The minimum atomic E-state index is -1.02. The molecule has 0 unspecified atom stereocenters. The molecule has 0 aliphatic rings. The van der Waals surface area contributed by atoms with Gasteiger partial charge in [-0.3, -0.25) is 15.5 Å². The molecule has 0 amide bonds. The Balaban J connectivity index is 2.37. The molecule has 0 aliphatic carbocycles. The standard InChI is InChI=1S/C13H9ClFN3O3/c14-7-1-4-12(9(5-7)13(16)17)21-8-2-3-11(18(19)20)10(15)6-8/h1-6H,(H3,16,17). The highest BCUT2D eigenvalue weighted by Crippen LogP contribution is 2.30. The third kappa shape index (κ3) is 3.26. The van der Waals surface area contributed by atoms with Gasteiger partial charge in [0.15, 0.2) is 0 Å². The number of amidine groups is 1. The molecule has 108 valence electrons. The van der Waals surface area contributed by atoms with E-state index in [1.807, 2.05) is 0 Å². The van der Waals surface area contributed by atoms with E-state index in [9.17, 15) is 14.5 Å². The van der Waals surface area contributed by atoms with Crippen LogP contribution < -0.4 is 10.5 Å². The van der Waals surface area contributed by atoms with Crippen molar-refractivity contribution in [1.82, 2.24) is 0 Å². The van der Waals surface area contributed by atoms with Crippen LogP contribution in [-0.2, 0) is 0 Å². The minimum absolute atomic E-state index is 0.0444. The third-order valence-corrected chi connectivity index (χ3v) is 2.81. The first-order valence-electron chi connectivity index (χ1n) is 5.64. The molecule has 2 aromatic rings. The van der Waals surface area contributed by atoms with Gasteiger partial charge in [-0.1, -0.05) is 11.6 Å². The summed E-state index contributed by atoms with van der Waals surface area (Å²) < 4.78 is 18.9. The highest BCUT2D eigenvalue weighted by molar-refractivity contribution is 6.31. The van der Waals surface area contributed by atoms with E-state index < -0.39 is 16.4 Å². The topological polar surface area (TPSA) is 102 Å². The number of nitrogen functional groups attached to an aromatic ring is 1. The normalized spacial score (nSPS) is 10.2. The van der Waals surface area contributed by atoms with Crippen molar-refractivity contribution in [2.45, 2.75) is 0 Å². The van der Waals surface area contributed by atoms with Gasteiger partial charge in [-0.15, -0.1) is 0 Å². The Morgan fingerprint density at radius 1 is 1.33 bits per heavy atom. The molecule has 6 nitrogen and oxygen atoms in total. The zero-order valence-electron chi connectivity index (χ0n) is 10.5. The monoisotopic (exact) mass is 309 g/mol. The Hall–Kier alpha value is -2.67. The number of halogens is 2. The summed E-state index contributed by atoms with van der Waals surface area (Å²) >= 11 is 5.80. The second-order valence-corrected chi connectivity index (χ2v) is 4.46. The van der Waals surface area contributed by atoms with Crippen LogP contribution in [0.5, 0.6) is 11.5 Å². The van der Waals surface area contributed by atoms with Crippen molar-refractivity contribution in [3.63, 3.8) is 0 Å². The summed E-state index contributed by atoms with van der Waals surface area (Å²) in [4.78, 5) is 9.71. The molecule has 0 bridgehead atoms. The van der Waals surface area contributed by atoms with Gasteiger partial charge in [0.2, 0.25) is 5.82 Å². The molecule has 0 atom stereocenters. The van der Waals surface area contributed by atoms with Crippen molar-refractivity contribution in [2.75, 3.05) is 0 Å². The number of rotatable bonds is 4. The van der Waals surface area contributed by atoms with E-state index in [1.54, 1.807) is 0 Å². The Morgan fingerprint density at radius 2 is 2.05 bits per heavy atom. The zero-order chi connectivity index (χ0) is 15.6. The third-order valence-electron chi connectivity index (χ3n) is 2.58. The Bertz CT molecular complexity index is 737. The smallest absolute Gasteiger partial charge is 0.305 e. The first-order valence-corrected chi connectivity index (χ1v) is 6.02. The molecule has 0 spiro atoms. The van der Waals surface area contributed by atoms with Gasteiger partial charge in [0.1, 0.15) is 17.3 Å². The van der Waals surface area contributed by atoms with Gasteiger partial charge in [0.25, 0.3) is 0 Å². The summed E-state index contributed by atoms with van der Waals surface area (Å²) in [5.41, 5.74) is 5.00. The lowest BCUT2D eigenvalue weighted by atomic mass is 10.2. The molecule has 0 radical (unpaired) electrons. The summed E-state index contributed by atoms with van der Waals surface area (Å²) in [6, 6.07) is 7.55. The number of nitrogens with two attached hydrogens (primary N) is 1. The highest BCUT2D eigenvalue weighted by Gasteiger charge is 2.15. The van der Waals surface area contributed by atoms with Gasteiger partial charge < -0.3 is 10.5 Å². The Labute approximate surface area is 123 Å². The Morgan fingerprint density at radius 3 is 2.62 bits per heavy atom. The second-order valence-electron chi connectivity index (χ2n) is 4.03. The fourth-order valence-electron chi connectivity index (χ4n) is 1.63. The molecule has 8 heteroatoms. The second kappa shape index (κ2) is 5.76. The van der Waals surface area contributed by atoms with E-state index in [4.69, 9.17) is 27.5 Å². The van der Waals surface area contributed by atoms with E-state index in [0.717, 1.165) is 12.1 Å². The van der Waals surface area contributed by atoms with E-state index in [-0.39, 0.29) is 22.9 Å². The van der Waals surface area contributed by atoms with Gasteiger partial charge in [-0.2, -0.15) is 4.39 Å². The highest BCUT2D eigenvalue weighted by atomic mass is 35.5. The lowest BCUT2D eigenvalue weighted by Gasteiger charge is -2.10. The predicted octanol–water partition coefficient (Wildman–Crippen LogP) is 3.46. The van der Waals surface area contributed by atoms with E-state index in [1.165, 1.54) is 24.3 Å². The Kier molecular flexibility index (Phi) is 4.04. The van der Waals surface area contributed by atoms with Crippen LogP contribution in [0.2, 0.25) is 5.02 Å². The molecule has 3 N–H and O–H groups in total. The average molecular weight is 310 g/mol. The van der Waals surface area contributed by atoms with Gasteiger partial charge >= 0.3 is 5.69 Å². The number of benzene rings is 2. The van der Waals surface area contributed by atoms with Crippen LogP contribution in [0, 0.1) is 21.3 Å². The van der Waals surface area contributed by atoms with Crippen LogP contribution in [0.25, 0.3) is 0 Å². The quantitative estimate of drug-likeness (QED) is 0.390. The van der Waals surface area contributed by atoms with Crippen molar-refractivity contribution in [2.24, 2.45) is 5.73 Å². The fourth-order valence-corrected chi connectivity index (χ4v) is 1.80. The number of hydrogen-bond donors (Lipinski definition) is 2. The van der Waals surface area contributed by atoms with Crippen LogP contribution in [0.1, 0.15) is 5.56 Å². The van der Waals surface area contributed by atoms with Crippen molar-refractivity contribution in [3.8, 4) is 11.5 Å². The fraction of sp³-hybridized carbons (Fsp3) is 0.